The van der Waals surface area contributed by atoms with Gasteiger partial charge in [0.25, 0.3) is 0 Å². The molecule has 6 aromatic rings. The van der Waals surface area contributed by atoms with Gasteiger partial charge in [0.2, 0.25) is 19.7 Å². The SMILES string of the molecule is CCC(Cl)c1ccc(S(=O)(=O)c2ccc(Oc3ccc(-c4ccc(OC(CC)(CC)c5ccc(S(=O)(=O)c6ccc(Cl)cc6)cc5)cc4)cc3)cc2)cc1. The fourth-order valence-corrected chi connectivity index (χ4v) is 9.05. The van der Waals surface area contributed by atoms with Crippen LogP contribution < -0.4 is 9.47 Å². The Balaban J connectivity index is 1.10. The van der Waals surface area contributed by atoms with Crippen LogP contribution in [0.15, 0.2) is 165 Å². The summed E-state index contributed by atoms with van der Waals surface area (Å²) in [5, 5.41) is 0.318. The lowest BCUT2D eigenvalue weighted by Crippen LogP contribution is -2.31. The van der Waals surface area contributed by atoms with Gasteiger partial charge in [-0.1, -0.05) is 80.9 Å². The van der Waals surface area contributed by atoms with Crippen molar-refractivity contribution < 1.29 is 26.3 Å². The van der Waals surface area contributed by atoms with Crippen LogP contribution in [0.3, 0.4) is 0 Å². The first-order valence-electron chi connectivity index (χ1n) is 17.7. The van der Waals surface area contributed by atoms with Crippen LogP contribution in [-0.2, 0) is 25.3 Å². The smallest absolute Gasteiger partial charge is 0.206 e. The Morgan fingerprint density at radius 2 is 0.889 bits per heavy atom. The molecule has 6 rings (SSSR count). The first-order chi connectivity index (χ1) is 25.9. The maximum Gasteiger partial charge on any atom is 0.206 e. The van der Waals surface area contributed by atoms with Crippen molar-refractivity contribution in [3.8, 4) is 28.4 Å². The molecule has 0 radical (unpaired) electrons. The van der Waals surface area contributed by atoms with E-state index in [9.17, 15) is 16.8 Å². The van der Waals surface area contributed by atoms with Crippen molar-refractivity contribution >= 4 is 42.9 Å². The molecule has 0 aliphatic carbocycles. The Kier molecular flexibility index (Phi) is 11.9. The van der Waals surface area contributed by atoms with Crippen LogP contribution in [0.1, 0.15) is 56.5 Å². The van der Waals surface area contributed by atoms with Crippen molar-refractivity contribution in [1.29, 1.82) is 0 Å². The highest BCUT2D eigenvalue weighted by Crippen LogP contribution is 2.37. The molecule has 0 saturated carbocycles. The highest BCUT2D eigenvalue weighted by molar-refractivity contribution is 7.91. The Labute approximate surface area is 328 Å². The van der Waals surface area contributed by atoms with Crippen LogP contribution in [0, 0.1) is 0 Å². The minimum Gasteiger partial charge on any atom is -0.483 e. The second-order valence-corrected chi connectivity index (χ2v) is 17.7. The maximum absolute atomic E-state index is 13.2. The second kappa shape index (κ2) is 16.4. The molecule has 278 valence electrons. The van der Waals surface area contributed by atoms with Crippen LogP contribution in [0.25, 0.3) is 11.1 Å². The molecule has 0 N–H and O–H groups in total. The standard InChI is InChI=1S/C44H40Cl2O6S2/c1-4-43(46)33-11-23-39(24-12-33)53(47,48)42-29-21-37(22-30-42)51-36-17-7-31(8-18-36)32-9-19-38(20-10-32)52-44(5-2,6-3)34-13-25-40(26-14-34)54(49,50)41-27-15-35(45)16-28-41/h7-30,43H,4-6H2,1-3H3. The van der Waals surface area contributed by atoms with Crippen LogP contribution in [0.4, 0.5) is 0 Å². The molecule has 10 heteroatoms. The Bertz CT molecular complexity index is 2390. The van der Waals surface area contributed by atoms with Gasteiger partial charge in [0.05, 0.1) is 25.0 Å². The molecule has 0 saturated heterocycles. The molecular formula is C44H40Cl2O6S2. The van der Waals surface area contributed by atoms with E-state index in [0.29, 0.717) is 35.1 Å². The van der Waals surface area contributed by atoms with E-state index in [1.54, 1.807) is 72.8 Å². The number of alkyl halides is 1. The van der Waals surface area contributed by atoms with E-state index in [2.05, 4.69) is 13.8 Å². The summed E-state index contributed by atoms with van der Waals surface area (Å²) >= 11 is 12.2. The lowest BCUT2D eigenvalue weighted by Gasteiger charge is -2.33. The summed E-state index contributed by atoms with van der Waals surface area (Å²) in [6.07, 6.45) is 2.11. The molecular weight excluding hydrogens is 760 g/mol. The van der Waals surface area contributed by atoms with E-state index in [4.69, 9.17) is 32.7 Å². The van der Waals surface area contributed by atoms with Gasteiger partial charge in [-0.2, -0.15) is 0 Å². The lowest BCUT2D eigenvalue weighted by atomic mass is 9.88. The second-order valence-electron chi connectivity index (χ2n) is 12.9. The quantitative estimate of drug-likeness (QED) is 0.102. The molecule has 0 fully saturated rings. The van der Waals surface area contributed by atoms with Crippen LogP contribution in [-0.4, -0.2) is 16.8 Å². The van der Waals surface area contributed by atoms with E-state index >= 15 is 0 Å². The highest BCUT2D eigenvalue weighted by atomic mass is 35.5. The molecule has 0 aliphatic heterocycles. The minimum absolute atomic E-state index is 0.156. The van der Waals surface area contributed by atoms with Crippen LogP contribution in [0.2, 0.25) is 5.02 Å². The zero-order chi connectivity index (χ0) is 38.5. The predicted octanol–water partition coefficient (Wildman–Crippen LogP) is 12.2. The number of halogens is 2. The summed E-state index contributed by atoms with van der Waals surface area (Å²) in [5.41, 5.74) is 3.09. The number of hydrogen-bond acceptors (Lipinski definition) is 6. The number of ether oxygens (including phenoxy) is 2. The molecule has 54 heavy (non-hydrogen) atoms. The van der Waals surface area contributed by atoms with E-state index in [0.717, 1.165) is 28.7 Å². The van der Waals surface area contributed by atoms with Gasteiger partial charge in [-0.05, 0) is 139 Å². The first kappa shape index (κ1) is 39.1. The number of sulfone groups is 2. The third-order valence-electron chi connectivity index (χ3n) is 9.59. The molecule has 1 atom stereocenters. The Morgan fingerprint density at radius 1 is 0.519 bits per heavy atom. The molecule has 6 aromatic carbocycles. The van der Waals surface area contributed by atoms with Gasteiger partial charge in [0, 0.05) is 5.02 Å². The van der Waals surface area contributed by atoms with Crippen molar-refractivity contribution in [2.24, 2.45) is 0 Å². The zero-order valence-electron chi connectivity index (χ0n) is 30.1. The minimum atomic E-state index is -3.69. The van der Waals surface area contributed by atoms with Crippen LogP contribution in [0.5, 0.6) is 17.2 Å². The molecule has 0 bridgehead atoms. The first-order valence-corrected chi connectivity index (χ1v) is 21.4. The summed E-state index contributed by atoms with van der Waals surface area (Å²) in [7, 11) is -7.38. The number of hydrogen-bond donors (Lipinski definition) is 0. The van der Waals surface area contributed by atoms with Crippen molar-refractivity contribution in [2.75, 3.05) is 0 Å². The number of benzene rings is 6. The largest absolute Gasteiger partial charge is 0.483 e. The molecule has 0 aliphatic rings. The average molecular weight is 800 g/mol. The monoisotopic (exact) mass is 798 g/mol. The summed E-state index contributed by atoms with van der Waals surface area (Å²) in [6.45, 7) is 6.09. The van der Waals surface area contributed by atoms with Gasteiger partial charge in [0.15, 0.2) is 0 Å². The summed E-state index contributed by atoms with van der Waals surface area (Å²) < 4.78 is 65.4. The normalized spacial score (nSPS) is 12.6. The maximum atomic E-state index is 13.2. The lowest BCUT2D eigenvalue weighted by molar-refractivity contribution is 0.0573. The molecule has 0 amide bonds. The average Bonchev–Trinajstić information content (AvgIpc) is 3.21. The van der Waals surface area contributed by atoms with Gasteiger partial charge >= 0.3 is 0 Å². The van der Waals surface area contributed by atoms with Crippen molar-refractivity contribution in [3.63, 3.8) is 0 Å². The van der Waals surface area contributed by atoms with Gasteiger partial charge < -0.3 is 9.47 Å². The summed E-state index contributed by atoms with van der Waals surface area (Å²) in [4.78, 5) is 0.777. The van der Waals surface area contributed by atoms with Gasteiger partial charge in [0.1, 0.15) is 22.8 Å². The van der Waals surface area contributed by atoms with Gasteiger partial charge in [-0.3, -0.25) is 0 Å². The Hall–Kier alpha value is -4.60. The van der Waals surface area contributed by atoms with Gasteiger partial charge in [-0.25, -0.2) is 16.8 Å². The molecule has 0 aromatic heterocycles. The molecule has 1 unspecified atom stereocenters. The van der Waals surface area contributed by atoms with Crippen molar-refractivity contribution in [1.82, 2.24) is 0 Å². The fourth-order valence-electron chi connectivity index (χ4n) is 6.26. The summed E-state index contributed by atoms with van der Waals surface area (Å²) in [6, 6.07) is 41.6. The highest BCUT2D eigenvalue weighted by Gasteiger charge is 2.31. The molecule has 6 nitrogen and oxygen atoms in total. The van der Waals surface area contributed by atoms with E-state index < -0.39 is 25.3 Å². The third-order valence-corrected chi connectivity index (χ3v) is 14.0. The van der Waals surface area contributed by atoms with Gasteiger partial charge in [-0.15, -0.1) is 11.6 Å². The molecule has 0 heterocycles. The number of rotatable bonds is 14. The summed E-state index contributed by atoms with van der Waals surface area (Å²) in [5.74, 6) is 1.82. The third kappa shape index (κ3) is 8.37. The Morgan fingerprint density at radius 3 is 1.31 bits per heavy atom. The van der Waals surface area contributed by atoms with Crippen molar-refractivity contribution in [3.05, 3.63) is 162 Å². The van der Waals surface area contributed by atoms with Crippen molar-refractivity contribution in [2.45, 2.75) is 70.6 Å². The predicted molar refractivity (Wildman–Crippen MR) is 215 cm³/mol. The van der Waals surface area contributed by atoms with E-state index in [1.807, 2.05) is 67.6 Å². The fraction of sp³-hybridized carbons (Fsp3) is 0.182. The van der Waals surface area contributed by atoms with E-state index in [1.165, 1.54) is 12.1 Å². The van der Waals surface area contributed by atoms with E-state index in [-0.39, 0.29) is 25.0 Å². The zero-order valence-corrected chi connectivity index (χ0v) is 33.2. The topological polar surface area (TPSA) is 86.7 Å². The molecule has 0 spiro atoms. The van der Waals surface area contributed by atoms with Crippen LogP contribution >= 0.6 is 23.2 Å².